The second kappa shape index (κ2) is 14.1. The lowest BCUT2D eigenvalue weighted by atomic mass is 10.0. The maximum absolute atomic E-state index is 13.3. The van der Waals surface area contributed by atoms with E-state index in [1.165, 1.54) is 33.5 Å². The first-order valence-electron chi connectivity index (χ1n) is 13.6. The minimum Gasteiger partial charge on any atom is -0.453 e. The smallest absolute Gasteiger partial charge is 0.413 e. The average molecular weight is 623 g/mol. The Kier molecular flexibility index (Phi) is 11.1. The van der Waals surface area contributed by atoms with E-state index < -0.39 is 34.0 Å². The lowest BCUT2D eigenvalue weighted by Gasteiger charge is -2.26. The first-order chi connectivity index (χ1) is 19.8. The van der Waals surface area contributed by atoms with Crippen LogP contribution in [0.4, 0.5) is 14.6 Å². The number of hydrogen-bond donors (Lipinski definition) is 2. The van der Waals surface area contributed by atoms with Crippen LogP contribution in [0, 0.1) is 11.8 Å². The fourth-order valence-electron chi connectivity index (χ4n) is 4.50. The first kappa shape index (κ1) is 33.0. The molecule has 1 aliphatic rings. The van der Waals surface area contributed by atoms with Gasteiger partial charge in [-0.3, -0.25) is 14.9 Å². The van der Waals surface area contributed by atoms with E-state index in [0.29, 0.717) is 30.0 Å². The zero-order chi connectivity index (χ0) is 31.2. The van der Waals surface area contributed by atoms with Crippen molar-refractivity contribution < 1.29 is 37.1 Å². The average Bonchev–Trinajstić information content (AvgIpc) is 3.29. The summed E-state index contributed by atoms with van der Waals surface area (Å²) in [6.45, 7) is 10.9. The monoisotopic (exact) mass is 622 g/mol. The Bertz CT molecular complexity index is 1410. The summed E-state index contributed by atoms with van der Waals surface area (Å²) < 4.78 is 37.8. The van der Waals surface area contributed by atoms with Crippen molar-refractivity contribution >= 4 is 50.4 Å². The number of carbonyl (C=O) groups excluding carboxylic acids is 4. The SMILES string of the molecule is CCOC(=O)N1CCc2c(sc(NC(=O)c3ccc(S(=O)(=O)N(CC(C)C)CC(C)C)cc3)c2C(=O)NC(=O)OC)C1. The largest absolute Gasteiger partial charge is 0.453 e. The minimum absolute atomic E-state index is 0.0733. The molecule has 0 saturated heterocycles. The van der Waals surface area contributed by atoms with E-state index in [9.17, 15) is 27.6 Å². The molecule has 1 aromatic carbocycles. The summed E-state index contributed by atoms with van der Waals surface area (Å²) in [4.78, 5) is 52.6. The number of imide groups is 1. The highest BCUT2D eigenvalue weighted by molar-refractivity contribution is 7.89. The molecule has 0 radical (unpaired) electrons. The number of thiophene rings is 1. The Hall–Kier alpha value is -3.49. The Morgan fingerprint density at radius 1 is 1.02 bits per heavy atom. The quantitative estimate of drug-likeness (QED) is 0.398. The van der Waals surface area contributed by atoms with Crippen LogP contribution in [-0.4, -0.2) is 75.0 Å². The summed E-state index contributed by atoms with van der Waals surface area (Å²) in [5.41, 5.74) is 0.885. The van der Waals surface area contributed by atoms with E-state index in [-0.39, 0.29) is 52.6 Å². The number of benzene rings is 1. The molecule has 0 saturated carbocycles. The van der Waals surface area contributed by atoms with Crippen molar-refractivity contribution in [2.45, 2.75) is 52.5 Å². The van der Waals surface area contributed by atoms with E-state index in [1.807, 2.05) is 27.7 Å². The summed E-state index contributed by atoms with van der Waals surface area (Å²) >= 11 is 1.11. The molecule has 4 amide bonds. The second-order valence-corrected chi connectivity index (χ2v) is 13.7. The van der Waals surface area contributed by atoms with Crippen LogP contribution >= 0.6 is 11.3 Å². The van der Waals surface area contributed by atoms with Gasteiger partial charge < -0.3 is 19.7 Å². The fraction of sp³-hybridized carbons (Fsp3) is 0.500. The van der Waals surface area contributed by atoms with Crippen molar-refractivity contribution in [2.24, 2.45) is 11.8 Å². The van der Waals surface area contributed by atoms with E-state index >= 15 is 0 Å². The van der Waals surface area contributed by atoms with Gasteiger partial charge in [0.15, 0.2) is 0 Å². The lowest BCUT2D eigenvalue weighted by molar-refractivity contribution is 0.0936. The predicted octanol–water partition coefficient (Wildman–Crippen LogP) is 4.31. The van der Waals surface area contributed by atoms with Crippen molar-refractivity contribution in [2.75, 3.05) is 38.7 Å². The highest BCUT2D eigenvalue weighted by Gasteiger charge is 2.32. The molecule has 0 unspecified atom stereocenters. The van der Waals surface area contributed by atoms with Crippen molar-refractivity contribution in [3.05, 3.63) is 45.8 Å². The van der Waals surface area contributed by atoms with Crippen molar-refractivity contribution in [3.63, 3.8) is 0 Å². The van der Waals surface area contributed by atoms with Crippen LogP contribution in [0.1, 0.15) is 65.8 Å². The number of ether oxygens (including phenoxy) is 2. The third-order valence-electron chi connectivity index (χ3n) is 6.33. The van der Waals surface area contributed by atoms with Crippen LogP contribution in [0.25, 0.3) is 0 Å². The Morgan fingerprint density at radius 2 is 1.64 bits per heavy atom. The Morgan fingerprint density at radius 3 is 2.19 bits per heavy atom. The molecule has 12 nitrogen and oxygen atoms in total. The van der Waals surface area contributed by atoms with Crippen LogP contribution in [0.2, 0.25) is 0 Å². The fourth-order valence-corrected chi connectivity index (χ4v) is 7.52. The summed E-state index contributed by atoms with van der Waals surface area (Å²) in [5, 5.41) is 5.05. The first-order valence-corrected chi connectivity index (χ1v) is 15.9. The Labute approximate surface area is 250 Å². The predicted molar refractivity (Wildman–Crippen MR) is 158 cm³/mol. The van der Waals surface area contributed by atoms with Gasteiger partial charge in [-0.2, -0.15) is 4.31 Å². The number of anilines is 1. The summed E-state index contributed by atoms with van der Waals surface area (Å²) in [6, 6.07) is 5.60. The third kappa shape index (κ3) is 7.86. The molecule has 2 heterocycles. The van der Waals surface area contributed by atoms with Crippen molar-refractivity contribution in [1.29, 1.82) is 0 Å². The van der Waals surface area contributed by atoms with Crippen LogP contribution in [0.3, 0.4) is 0 Å². The number of methoxy groups -OCH3 is 1. The van der Waals surface area contributed by atoms with Gasteiger partial charge in [0.1, 0.15) is 5.00 Å². The van der Waals surface area contributed by atoms with Gasteiger partial charge in [-0.05, 0) is 55.0 Å². The molecule has 2 N–H and O–H groups in total. The van der Waals surface area contributed by atoms with Gasteiger partial charge in [0.2, 0.25) is 10.0 Å². The molecule has 230 valence electrons. The highest BCUT2D eigenvalue weighted by Crippen LogP contribution is 2.37. The molecular weight excluding hydrogens is 584 g/mol. The van der Waals surface area contributed by atoms with Crippen molar-refractivity contribution in [3.8, 4) is 0 Å². The van der Waals surface area contributed by atoms with Crippen LogP contribution in [-0.2, 0) is 32.5 Å². The van der Waals surface area contributed by atoms with Gasteiger partial charge in [-0.15, -0.1) is 11.3 Å². The molecule has 0 aliphatic carbocycles. The normalized spacial score (nSPS) is 13.2. The summed E-state index contributed by atoms with van der Waals surface area (Å²) in [7, 11) is -2.65. The number of sulfonamides is 1. The number of rotatable bonds is 10. The number of alkyl carbamates (subject to hydrolysis) is 1. The second-order valence-electron chi connectivity index (χ2n) is 10.6. The van der Waals surface area contributed by atoms with Crippen LogP contribution < -0.4 is 10.6 Å². The summed E-state index contributed by atoms with van der Waals surface area (Å²) in [5.74, 6) is -1.06. The van der Waals surface area contributed by atoms with Crippen LogP contribution in [0.5, 0.6) is 0 Å². The van der Waals surface area contributed by atoms with Gasteiger partial charge in [0.05, 0.1) is 30.7 Å². The molecule has 0 bridgehead atoms. The maximum atomic E-state index is 13.3. The molecule has 0 fully saturated rings. The number of nitrogens with one attached hydrogen (secondary N) is 2. The van der Waals surface area contributed by atoms with Crippen LogP contribution in [0.15, 0.2) is 29.2 Å². The number of nitrogens with zero attached hydrogens (tertiary/aromatic N) is 2. The number of hydrogen-bond acceptors (Lipinski definition) is 9. The van der Waals surface area contributed by atoms with E-state index in [0.717, 1.165) is 18.4 Å². The highest BCUT2D eigenvalue weighted by atomic mass is 32.2. The molecule has 2 aromatic rings. The Balaban J connectivity index is 1.89. The molecule has 14 heteroatoms. The standard InChI is InChI=1S/C28H38N4O8S2/c1-7-40-28(36)31-13-12-21-22(16-31)41-26(23(21)25(34)30-27(35)39-6)29-24(33)19-8-10-20(11-9-19)42(37,38)32(14-17(2)3)15-18(4)5/h8-11,17-18H,7,12-16H2,1-6H3,(H,29,33)(H,30,34,35). The maximum Gasteiger partial charge on any atom is 0.413 e. The molecule has 0 spiro atoms. The van der Waals surface area contributed by atoms with E-state index in [1.54, 1.807) is 6.92 Å². The minimum atomic E-state index is -3.78. The summed E-state index contributed by atoms with van der Waals surface area (Å²) in [6.07, 6.45) is -1.14. The van der Waals surface area contributed by atoms with E-state index in [4.69, 9.17) is 4.74 Å². The topological polar surface area (TPSA) is 151 Å². The molecule has 0 atom stereocenters. The van der Waals surface area contributed by atoms with Crippen molar-refractivity contribution in [1.82, 2.24) is 14.5 Å². The molecule has 42 heavy (non-hydrogen) atoms. The lowest BCUT2D eigenvalue weighted by Crippen LogP contribution is -2.37. The van der Waals surface area contributed by atoms with Gasteiger partial charge in [-0.25, -0.2) is 18.0 Å². The van der Waals surface area contributed by atoms with Gasteiger partial charge >= 0.3 is 12.2 Å². The zero-order valence-electron chi connectivity index (χ0n) is 24.7. The number of amides is 4. The third-order valence-corrected chi connectivity index (χ3v) is 9.31. The molecule has 1 aromatic heterocycles. The number of fused-ring (bicyclic) bond motifs is 1. The zero-order valence-corrected chi connectivity index (χ0v) is 26.3. The van der Waals surface area contributed by atoms with E-state index in [2.05, 4.69) is 15.4 Å². The van der Waals surface area contributed by atoms with Gasteiger partial charge in [-0.1, -0.05) is 27.7 Å². The number of carbonyl (C=O) groups is 4. The molecule has 1 aliphatic heterocycles. The molecule has 3 rings (SSSR count). The molecular formula is C28H38N4O8S2. The van der Waals surface area contributed by atoms with Gasteiger partial charge in [0.25, 0.3) is 11.8 Å². The van der Waals surface area contributed by atoms with Gasteiger partial charge in [0, 0.05) is 30.1 Å².